The molecule has 0 N–H and O–H groups in total. The van der Waals surface area contributed by atoms with Crippen molar-refractivity contribution in [2.75, 3.05) is 0 Å². The van der Waals surface area contributed by atoms with Crippen LogP contribution in [0.5, 0.6) is 0 Å². The molecular weight excluding hydrogens is 770 g/mol. The normalized spacial score (nSPS) is 18.8. The number of rotatable bonds is 5. The Kier molecular flexibility index (Phi) is 8.29. The van der Waals surface area contributed by atoms with Gasteiger partial charge in [0.1, 0.15) is 0 Å². The van der Waals surface area contributed by atoms with E-state index >= 15 is 0 Å². The zero-order valence-corrected chi connectivity index (χ0v) is 34.6. The topological polar surface area (TPSA) is 0 Å². The summed E-state index contributed by atoms with van der Waals surface area (Å²) in [5.41, 5.74) is 14.6. The van der Waals surface area contributed by atoms with Crippen molar-refractivity contribution in [2.24, 2.45) is 0 Å². The summed E-state index contributed by atoms with van der Waals surface area (Å²) < 4.78 is 0.200. The van der Waals surface area contributed by atoms with Gasteiger partial charge in [0.25, 0.3) is 0 Å². The SMILES string of the molecule is CC1=Cc2c(-c3ccc(C(C)(C)C)cc3)cccc2[CH]1[Hf]([Cl])([Cl])([CH]1C=Cc2c(-c3ccc(C(C)(C)C)cc3)cccc21)[SiH](C)C. The van der Waals surface area contributed by atoms with E-state index in [2.05, 4.69) is 165 Å². The molecule has 4 aromatic rings. The van der Waals surface area contributed by atoms with Crippen molar-refractivity contribution < 1.29 is 15.3 Å². The molecule has 2 unspecified atom stereocenters. The molecule has 0 saturated carbocycles. The van der Waals surface area contributed by atoms with Crippen molar-refractivity contribution in [3.8, 4) is 22.3 Å². The molecule has 0 nitrogen and oxygen atoms in total. The van der Waals surface area contributed by atoms with Crippen LogP contribution in [0.4, 0.5) is 0 Å². The Balaban J connectivity index is 1.44. The molecule has 0 bridgehead atoms. The molecule has 0 heterocycles. The number of fused-ring (bicyclic) bond motifs is 2. The minimum absolute atomic E-state index is 0.0924. The molecule has 0 aliphatic heterocycles. The fourth-order valence-corrected chi connectivity index (χ4v) is 50.4. The second kappa shape index (κ2) is 11.3. The third-order valence-electron chi connectivity index (χ3n) is 10.6. The van der Waals surface area contributed by atoms with Gasteiger partial charge in [-0.2, -0.15) is 0 Å². The first-order valence-corrected chi connectivity index (χ1v) is 38.6. The van der Waals surface area contributed by atoms with Crippen LogP contribution in [0.15, 0.2) is 96.6 Å². The van der Waals surface area contributed by atoms with Crippen LogP contribution in [0, 0.1) is 0 Å². The molecule has 0 saturated heterocycles. The van der Waals surface area contributed by atoms with Gasteiger partial charge in [0.05, 0.1) is 0 Å². The summed E-state index contributed by atoms with van der Waals surface area (Å²) in [6, 6.07) is 31.8. The Labute approximate surface area is 280 Å². The van der Waals surface area contributed by atoms with Crippen LogP contribution in [0.1, 0.15) is 89.2 Å². The average Bonchev–Trinajstić information content (AvgIpc) is 3.58. The Morgan fingerprint density at radius 3 is 1.56 bits per heavy atom. The van der Waals surface area contributed by atoms with E-state index in [1.807, 2.05) is 0 Å². The summed E-state index contributed by atoms with van der Waals surface area (Å²) in [6.45, 7) is 20.7. The molecule has 2 atom stereocenters. The zero-order chi connectivity index (χ0) is 32.6. The molecule has 45 heavy (non-hydrogen) atoms. The fourth-order valence-electron chi connectivity index (χ4n) is 7.78. The van der Waals surface area contributed by atoms with Crippen molar-refractivity contribution in [3.63, 3.8) is 0 Å². The van der Waals surface area contributed by atoms with E-state index < -0.39 is 21.3 Å². The third-order valence-corrected chi connectivity index (χ3v) is 83.9. The van der Waals surface area contributed by atoms with Crippen LogP contribution in [-0.2, 0) is 26.1 Å². The van der Waals surface area contributed by atoms with Gasteiger partial charge in [-0.3, -0.25) is 0 Å². The van der Waals surface area contributed by atoms with Gasteiger partial charge in [0.15, 0.2) is 0 Å². The van der Waals surface area contributed by atoms with Crippen molar-refractivity contribution in [1.82, 2.24) is 0 Å². The quantitative estimate of drug-likeness (QED) is 0.176. The second-order valence-electron chi connectivity index (χ2n) is 15.8. The van der Waals surface area contributed by atoms with Crippen molar-refractivity contribution in [2.45, 2.75) is 79.7 Å². The Bertz CT molecular complexity index is 1830. The number of benzene rings is 4. The van der Waals surface area contributed by atoms with Gasteiger partial charge < -0.3 is 0 Å². The predicted octanol–water partition coefficient (Wildman–Crippen LogP) is 12.8. The number of halogens is 2. The minimum atomic E-state index is -4.81. The van der Waals surface area contributed by atoms with Gasteiger partial charge >= 0.3 is 283 Å². The monoisotopic (exact) mass is 817 g/mol. The predicted molar refractivity (Wildman–Crippen MR) is 200 cm³/mol. The third kappa shape index (κ3) is 5.46. The number of hydrogen-bond donors (Lipinski definition) is 0. The maximum atomic E-state index is 8.39. The summed E-state index contributed by atoms with van der Waals surface area (Å²) in [6.07, 6.45) is 7.12. The Hall–Kier alpha value is -1.97. The Morgan fingerprint density at radius 2 is 1.09 bits per heavy atom. The van der Waals surface area contributed by atoms with Crippen molar-refractivity contribution >= 4 is 35.3 Å². The standard InChI is InChI=1S/C20H21.C19H19.C2H7Si.2ClH.Hf/c1-14-12-16-6-5-7-18(19(16)13-14)15-8-10-17(11-9-15)20(2,3)4;1-19(2,3)16-12-10-15(11-13-16)18-9-5-7-14-6-4-8-17(14)18;1-3-2;;;/h5-13H,1-4H3;4-13H,1-3H3;3H,1-2H3;2*1H;/q;;;;;+2/p-2. The molecule has 233 valence electrons. The second-order valence-corrected chi connectivity index (χ2v) is 75.3. The van der Waals surface area contributed by atoms with Gasteiger partial charge in [0, 0.05) is 0 Å². The van der Waals surface area contributed by atoms with Gasteiger partial charge in [-0.1, -0.05) is 0 Å². The van der Waals surface area contributed by atoms with E-state index in [4.69, 9.17) is 17.2 Å². The molecule has 0 aromatic heterocycles. The van der Waals surface area contributed by atoms with Gasteiger partial charge in [0.2, 0.25) is 0 Å². The van der Waals surface area contributed by atoms with E-state index in [1.165, 1.54) is 61.2 Å². The average molecular weight is 817 g/mol. The molecule has 4 heteroatoms. The van der Waals surface area contributed by atoms with Gasteiger partial charge in [-0.15, -0.1) is 0 Å². The van der Waals surface area contributed by atoms with Crippen LogP contribution in [-0.4, -0.2) is 5.98 Å². The molecule has 0 fully saturated rings. The number of allylic oxidation sites excluding steroid dienone is 2. The van der Waals surface area contributed by atoms with Crippen LogP contribution >= 0.6 is 17.2 Å². The van der Waals surface area contributed by atoms with Crippen LogP contribution in [0.25, 0.3) is 34.4 Å². The van der Waals surface area contributed by atoms with Crippen LogP contribution < -0.4 is 0 Å². The molecule has 0 amide bonds. The molecule has 0 spiro atoms. The molecular formula is C41H47Cl2HfSi. The summed E-state index contributed by atoms with van der Waals surface area (Å²) in [7, 11) is 16.8. The van der Waals surface area contributed by atoms with Gasteiger partial charge in [-0.25, -0.2) is 0 Å². The summed E-state index contributed by atoms with van der Waals surface area (Å²) in [5.74, 6) is -1.55. The van der Waals surface area contributed by atoms with E-state index in [1.54, 1.807) is 0 Å². The summed E-state index contributed by atoms with van der Waals surface area (Å²) >= 11 is -4.81. The molecule has 0 radical (unpaired) electrons. The maximum absolute atomic E-state index is 8.39. The first-order valence-electron chi connectivity index (χ1n) is 16.4. The van der Waals surface area contributed by atoms with Crippen LogP contribution in [0.2, 0.25) is 13.1 Å². The number of hydrogen-bond acceptors (Lipinski definition) is 0. The van der Waals surface area contributed by atoms with E-state index in [0.29, 0.717) is 0 Å². The van der Waals surface area contributed by atoms with Gasteiger partial charge in [-0.05, 0) is 0 Å². The van der Waals surface area contributed by atoms with E-state index in [0.717, 1.165) is 0 Å². The first-order chi connectivity index (χ1) is 21.0. The molecule has 2 aliphatic carbocycles. The first kappa shape index (κ1) is 32.9. The zero-order valence-electron chi connectivity index (χ0n) is 28.3. The summed E-state index contributed by atoms with van der Waals surface area (Å²) in [5, 5.41) is 0. The van der Waals surface area contributed by atoms with E-state index in [9.17, 15) is 0 Å². The van der Waals surface area contributed by atoms with Crippen molar-refractivity contribution in [1.29, 1.82) is 0 Å². The molecule has 4 aromatic carbocycles. The van der Waals surface area contributed by atoms with Crippen LogP contribution in [0.3, 0.4) is 0 Å². The Morgan fingerprint density at radius 1 is 0.622 bits per heavy atom. The summed E-state index contributed by atoms with van der Waals surface area (Å²) in [4.78, 5) is 0. The van der Waals surface area contributed by atoms with Crippen molar-refractivity contribution in [3.05, 3.63) is 130 Å². The fraction of sp³-hybridized carbons (Fsp3) is 0.317. The molecule has 2 aliphatic rings. The molecule has 6 rings (SSSR count). The van der Waals surface area contributed by atoms with E-state index in [-0.39, 0.29) is 18.2 Å².